The predicted octanol–water partition coefficient (Wildman–Crippen LogP) is 3.92. The summed E-state index contributed by atoms with van der Waals surface area (Å²) in [5.41, 5.74) is 2.87. The van der Waals surface area contributed by atoms with Gasteiger partial charge in [-0.05, 0) is 60.2 Å². The van der Waals surface area contributed by atoms with Gasteiger partial charge in [0.25, 0.3) is 5.91 Å². The van der Waals surface area contributed by atoms with Crippen LogP contribution in [0.3, 0.4) is 0 Å². The lowest BCUT2D eigenvalue weighted by Gasteiger charge is -2.18. The minimum Gasteiger partial charge on any atom is -0.497 e. The number of hydrogen-bond acceptors (Lipinski definition) is 4. The summed E-state index contributed by atoms with van der Waals surface area (Å²) in [6, 6.07) is 20.7. The largest absolute Gasteiger partial charge is 0.497 e. The van der Waals surface area contributed by atoms with Gasteiger partial charge in [0.15, 0.2) is 0 Å². The van der Waals surface area contributed by atoms with Crippen LogP contribution in [0.1, 0.15) is 11.1 Å². The van der Waals surface area contributed by atoms with E-state index in [2.05, 4.69) is 9.98 Å². The van der Waals surface area contributed by atoms with Crippen LogP contribution in [-0.2, 0) is 4.79 Å². The molecule has 1 aliphatic heterocycles. The van der Waals surface area contributed by atoms with Crippen molar-refractivity contribution in [3.05, 3.63) is 95.9 Å². The van der Waals surface area contributed by atoms with Crippen molar-refractivity contribution in [2.45, 2.75) is 0 Å². The topological polar surface area (TPSA) is 54.8 Å². The molecule has 5 nitrogen and oxygen atoms in total. The maximum atomic E-state index is 13.1. The molecule has 132 valence electrons. The van der Waals surface area contributed by atoms with Crippen molar-refractivity contribution in [3.8, 4) is 5.75 Å². The Labute approximate surface area is 157 Å². The van der Waals surface area contributed by atoms with E-state index in [-0.39, 0.29) is 5.91 Å². The van der Waals surface area contributed by atoms with Crippen LogP contribution in [0.5, 0.6) is 5.75 Å². The van der Waals surface area contributed by atoms with Crippen LogP contribution in [0.15, 0.2) is 89.8 Å². The number of methoxy groups -OCH3 is 1. The van der Waals surface area contributed by atoms with E-state index in [0.29, 0.717) is 11.5 Å². The van der Waals surface area contributed by atoms with Crippen LogP contribution in [-0.4, -0.2) is 23.8 Å². The molecule has 4 rings (SSSR count). The Kier molecular flexibility index (Phi) is 4.49. The summed E-state index contributed by atoms with van der Waals surface area (Å²) in [5.74, 6) is 1.18. The molecule has 3 aromatic rings. The minimum absolute atomic E-state index is 0.163. The number of amidine groups is 1. The van der Waals surface area contributed by atoms with Gasteiger partial charge in [0.1, 0.15) is 17.3 Å². The molecule has 1 aliphatic rings. The first-order valence-electron chi connectivity index (χ1n) is 8.50. The van der Waals surface area contributed by atoms with E-state index in [9.17, 15) is 4.79 Å². The van der Waals surface area contributed by atoms with Gasteiger partial charge in [-0.3, -0.25) is 14.7 Å². The van der Waals surface area contributed by atoms with Crippen molar-refractivity contribution < 1.29 is 9.53 Å². The molecular formula is C22H17N3O2. The molecule has 5 heteroatoms. The van der Waals surface area contributed by atoms with Gasteiger partial charge in [-0.25, -0.2) is 4.99 Å². The average Bonchev–Trinajstić information content (AvgIpc) is 3.05. The highest BCUT2D eigenvalue weighted by Gasteiger charge is 2.32. The first kappa shape index (κ1) is 16.7. The number of aliphatic imine (C=N–C) groups is 1. The molecule has 2 heterocycles. The van der Waals surface area contributed by atoms with Gasteiger partial charge >= 0.3 is 0 Å². The highest BCUT2D eigenvalue weighted by Crippen LogP contribution is 2.28. The van der Waals surface area contributed by atoms with Gasteiger partial charge in [-0.1, -0.05) is 18.2 Å². The fourth-order valence-corrected chi connectivity index (χ4v) is 2.88. The highest BCUT2D eigenvalue weighted by atomic mass is 16.5. The van der Waals surface area contributed by atoms with E-state index < -0.39 is 0 Å². The molecule has 1 aromatic heterocycles. The normalized spacial score (nSPS) is 15.1. The minimum atomic E-state index is -0.163. The standard InChI is InChI=1S/C22H17N3O2/c1-27-19-9-7-17(8-10-19)21-24-20(15-16-11-13-23-14-12-16)22(26)25(21)18-5-3-2-4-6-18/h2-15H,1H3/b20-15+. The number of nitrogens with zero attached hydrogens (tertiary/aromatic N) is 3. The van der Waals surface area contributed by atoms with Crippen molar-refractivity contribution in [2.24, 2.45) is 4.99 Å². The Bertz CT molecular complexity index is 1010. The van der Waals surface area contributed by atoms with Gasteiger partial charge in [0.2, 0.25) is 0 Å². The van der Waals surface area contributed by atoms with Crippen molar-refractivity contribution in [3.63, 3.8) is 0 Å². The summed E-state index contributed by atoms with van der Waals surface area (Å²) in [6.45, 7) is 0. The number of carbonyl (C=O) groups excluding carboxylic acids is 1. The number of aromatic nitrogens is 1. The number of ether oxygens (including phenoxy) is 1. The van der Waals surface area contributed by atoms with Gasteiger partial charge in [-0.2, -0.15) is 0 Å². The summed E-state index contributed by atoms with van der Waals surface area (Å²) in [6.07, 6.45) is 5.15. The molecule has 0 atom stereocenters. The van der Waals surface area contributed by atoms with Gasteiger partial charge in [-0.15, -0.1) is 0 Å². The summed E-state index contributed by atoms with van der Waals surface area (Å²) < 4.78 is 5.23. The van der Waals surface area contributed by atoms with Crippen LogP contribution in [0, 0.1) is 0 Å². The zero-order valence-corrected chi connectivity index (χ0v) is 14.7. The maximum Gasteiger partial charge on any atom is 0.282 e. The molecule has 0 radical (unpaired) electrons. The van der Waals surface area contributed by atoms with Gasteiger partial charge in [0, 0.05) is 18.0 Å². The number of rotatable bonds is 4. The Morgan fingerprint density at radius 3 is 2.30 bits per heavy atom. The number of amides is 1. The lowest BCUT2D eigenvalue weighted by molar-refractivity contribution is -0.113. The van der Waals surface area contributed by atoms with Crippen LogP contribution in [0.2, 0.25) is 0 Å². The summed E-state index contributed by atoms with van der Waals surface area (Å²) >= 11 is 0. The van der Waals surface area contributed by atoms with Gasteiger partial charge in [0.05, 0.1) is 12.8 Å². The fraction of sp³-hybridized carbons (Fsp3) is 0.0455. The summed E-state index contributed by atoms with van der Waals surface area (Å²) in [7, 11) is 1.62. The zero-order chi connectivity index (χ0) is 18.6. The van der Waals surface area contributed by atoms with Crippen molar-refractivity contribution in [1.29, 1.82) is 0 Å². The van der Waals surface area contributed by atoms with Gasteiger partial charge < -0.3 is 4.74 Å². The monoisotopic (exact) mass is 355 g/mol. The average molecular weight is 355 g/mol. The van der Waals surface area contributed by atoms with E-state index >= 15 is 0 Å². The van der Waals surface area contributed by atoms with E-state index in [0.717, 1.165) is 22.6 Å². The fourth-order valence-electron chi connectivity index (χ4n) is 2.88. The van der Waals surface area contributed by atoms with Crippen LogP contribution in [0.4, 0.5) is 5.69 Å². The Hall–Kier alpha value is -3.73. The molecule has 0 fully saturated rings. The third kappa shape index (κ3) is 3.35. The summed E-state index contributed by atoms with van der Waals surface area (Å²) in [5, 5.41) is 0. The number of benzene rings is 2. The highest BCUT2D eigenvalue weighted by molar-refractivity contribution is 6.33. The second-order valence-corrected chi connectivity index (χ2v) is 5.95. The lowest BCUT2D eigenvalue weighted by Crippen LogP contribution is -2.32. The quantitative estimate of drug-likeness (QED) is 0.667. The van der Waals surface area contributed by atoms with Crippen LogP contribution >= 0.6 is 0 Å². The molecule has 0 saturated carbocycles. The van der Waals surface area contributed by atoms with E-state index in [4.69, 9.17) is 4.74 Å². The van der Waals surface area contributed by atoms with E-state index in [1.165, 1.54) is 0 Å². The Morgan fingerprint density at radius 2 is 1.63 bits per heavy atom. The SMILES string of the molecule is COc1ccc(C2=N/C(=C/c3ccncc3)C(=O)N2c2ccccc2)cc1. The summed E-state index contributed by atoms with van der Waals surface area (Å²) in [4.78, 5) is 23.4. The molecule has 27 heavy (non-hydrogen) atoms. The third-order valence-electron chi connectivity index (χ3n) is 4.23. The lowest BCUT2D eigenvalue weighted by atomic mass is 10.1. The van der Waals surface area contributed by atoms with Crippen molar-refractivity contribution >= 4 is 23.5 Å². The number of hydrogen-bond donors (Lipinski definition) is 0. The number of para-hydroxylation sites is 1. The zero-order valence-electron chi connectivity index (χ0n) is 14.7. The molecule has 0 bridgehead atoms. The molecule has 0 aliphatic carbocycles. The second-order valence-electron chi connectivity index (χ2n) is 5.95. The van der Waals surface area contributed by atoms with Crippen molar-refractivity contribution in [2.75, 3.05) is 12.0 Å². The third-order valence-corrected chi connectivity index (χ3v) is 4.23. The number of pyridine rings is 1. The first-order valence-corrected chi connectivity index (χ1v) is 8.50. The molecule has 0 saturated heterocycles. The molecule has 0 spiro atoms. The molecule has 2 aromatic carbocycles. The number of carbonyl (C=O) groups is 1. The van der Waals surface area contributed by atoms with E-state index in [1.807, 2.05) is 66.7 Å². The van der Waals surface area contributed by atoms with Crippen LogP contribution < -0.4 is 9.64 Å². The maximum absolute atomic E-state index is 13.1. The second kappa shape index (κ2) is 7.25. The molecule has 0 unspecified atom stereocenters. The van der Waals surface area contributed by atoms with E-state index in [1.54, 1.807) is 30.5 Å². The van der Waals surface area contributed by atoms with Crippen LogP contribution in [0.25, 0.3) is 6.08 Å². The molecule has 1 amide bonds. The number of anilines is 1. The Balaban J connectivity index is 1.80. The first-order chi connectivity index (χ1) is 13.3. The molecule has 0 N–H and O–H groups in total. The smallest absolute Gasteiger partial charge is 0.282 e. The predicted molar refractivity (Wildman–Crippen MR) is 106 cm³/mol. The molecular weight excluding hydrogens is 338 g/mol. The Morgan fingerprint density at radius 1 is 0.926 bits per heavy atom. The van der Waals surface area contributed by atoms with Crippen molar-refractivity contribution in [1.82, 2.24) is 4.98 Å².